The summed E-state index contributed by atoms with van der Waals surface area (Å²) in [6.45, 7) is -0.0660. The predicted molar refractivity (Wildman–Crippen MR) is 48.2 cm³/mol. The van der Waals surface area contributed by atoms with Crippen molar-refractivity contribution in [1.29, 1.82) is 0 Å². The Labute approximate surface area is 85.2 Å². The van der Waals surface area contributed by atoms with Crippen LogP contribution in [0.3, 0.4) is 0 Å². The number of nitrogens with zero attached hydrogens (tertiary/aromatic N) is 1. The molecule has 0 radical (unpaired) electrons. The van der Waals surface area contributed by atoms with Gasteiger partial charge >= 0.3 is 0 Å². The number of carboxylic acids is 1. The van der Waals surface area contributed by atoms with Crippen molar-refractivity contribution >= 4 is 11.7 Å². The van der Waals surface area contributed by atoms with E-state index >= 15 is 0 Å². The maximum Gasteiger partial charge on any atom is 0.273 e. The number of hydrogen-bond donors (Lipinski definition) is 0. The summed E-state index contributed by atoms with van der Waals surface area (Å²) >= 11 is 0. The Morgan fingerprint density at radius 3 is 2.80 bits per heavy atom. The molecule has 15 heavy (non-hydrogen) atoms. The second kappa shape index (κ2) is 4.94. The van der Waals surface area contributed by atoms with Crippen LogP contribution in [0.25, 0.3) is 0 Å². The average Bonchev–Trinajstić information content (AvgIpc) is 2.17. The van der Waals surface area contributed by atoms with Gasteiger partial charge in [0.1, 0.15) is 5.75 Å². The fourth-order valence-corrected chi connectivity index (χ4v) is 0.939. The van der Waals surface area contributed by atoms with Crippen LogP contribution in [0.1, 0.15) is 6.42 Å². The largest absolute Gasteiger partial charge is 0.550 e. The second-order valence-corrected chi connectivity index (χ2v) is 2.72. The standard InChI is InChI=1S/C9H9NO5/c11-9(12)4-5-15-8-3-1-2-7(6-8)10(13)14/h1-3,6H,4-5H2,(H,11,12)/p-1. The zero-order valence-electron chi connectivity index (χ0n) is 7.71. The third-order valence-electron chi connectivity index (χ3n) is 1.60. The Morgan fingerprint density at radius 2 is 2.20 bits per heavy atom. The number of carbonyl (C=O) groups excluding carboxylic acids is 1. The van der Waals surface area contributed by atoms with E-state index in [9.17, 15) is 20.0 Å². The van der Waals surface area contributed by atoms with Gasteiger partial charge in [-0.15, -0.1) is 0 Å². The lowest BCUT2D eigenvalue weighted by atomic mass is 10.3. The number of nitro benzene ring substituents is 1. The van der Waals surface area contributed by atoms with Crippen LogP contribution in [0.15, 0.2) is 24.3 Å². The summed E-state index contributed by atoms with van der Waals surface area (Å²) in [5.41, 5.74) is -0.0963. The third kappa shape index (κ3) is 3.63. The van der Waals surface area contributed by atoms with Crippen LogP contribution >= 0.6 is 0 Å². The first-order valence-corrected chi connectivity index (χ1v) is 4.16. The van der Waals surface area contributed by atoms with Crippen molar-refractivity contribution in [2.45, 2.75) is 6.42 Å². The summed E-state index contributed by atoms with van der Waals surface area (Å²) in [4.78, 5) is 19.9. The Hall–Kier alpha value is -2.11. The van der Waals surface area contributed by atoms with Crippen LogP contribution in [0.2, 0.25) is 0 Å². The lowest BCUT2D eigenvalue weighted by Crippen LogP contribution is -2.24. The highest BCUT2D eigenvalue weighted by molar-refractivity contribution is 5.64. The van der Waals surface area contributed by atoms with E-state index in [1.807, 2.05) is 0 Å². The first-order chi connectivity index (χ1) is 7.09. The van der Waals surface area contributed by atoms with Gasteiger partial charge in [0.05, 0.1) is 17.6 Å². The molecule has 0 aliphatic rings. The normalized spacial score (nSPS) is 9.60. The first kappa shape index (κ1) is 11.0. The van der Waals surface area contributed by atoms with Crippen molar-refractivity contribution in [2.24, 2.45) is 0 Å². The molecule has 0 N–H and O–H groups in total. The molecule has 0 saturated heterocycles. The van der Waals surface area contributed by atoms with E-state index in [0.29, 0.717) is 0 Å². The molecule has 1 rings (SSSR count). The maximum absolute atomic E-state index is 10.4. The smallest absolute Gasteiger partial charge is 0.273 e. The van der Waals surface area contributed by atoms with Gasteiger partial charge in [-0.25, -0.2) is 0 Å². The van der Waals surface area contributed by atoms with Gasteiger partial charge in [-0.2, -0.15) is 0 Å². The zero-order chi connectivity index (χ0) is 11.3. The van der Waals surface area contributed by atoms with E-state index in [0.717, 1.165) is 0 Å². The number of rotatable bonds is 5. The molecular weight excluding hydrogens is 202 g/mol. The number of carboxylic acid groups (broad SMARTS) is 1. The summed E-state index contributed by atoms with van der Waals surface area (Å²) in [6.07, 6.45) is -0.247. The minimum Gasteiger partial charge on any atom is -0.550 e. The maximum atomic E-state index is 10.4. The minimum absolute atomic E-state index is 0.0660. The molecule has 6 nitrogen and oxygen atoms in total. The Morgan fingerprint density at radius 1 is 1.47 bits per heavy atom. The fraction of sp³-hybridized carbons (Fsp3) is 0.222. The molecule has 0 aromatic heterocycles. The highest BCUT2D eigenvalue weighted by atomic mass is 16.6. The SMILES string of the molecule is O=C([O-])CCOc1cccc([N+](=O)[O-])c1. The molecule has 1 aromatic rings. The summed E-state index contributed by atoms with van der Waals surface area (Å²) in [5.74, 6) is -0.953. The second-order valence-electron chi connectivity index (χ2n) is 2.72. The van der Waals surface area contributed by atoms with E-state index in [1.54, 1.807) is 0 Å². The molecule has 0 bridgehead atoms. The van der Waals surface area contributed by atoms with Gasteiger partial charge in [0, 0.05) is 18.5 Å². The van der Waals surface area contributed by atoms with Crippen LogP contribution in [-0.2, 0) is 4.79 Å². The number of benzene rings is 1. The molecule has 0 heterocycles. The number of aliphatic carboxylic acids is 1. The lowest BCUT2D eigenvalue weighted by Gasteiger charge is -2.05. The molecule has 0 fully saturated rings. The highest BCUT2D eigenvalue weighted by Crippen LogP contribution is 2.18. The summed E-state index contributed by atoms with van der Waals surface area (Å²) in [5, 5.41) is 20.4. The van der Waals surface area contributed by atoms with Gasteiger partial charge in [-0.05, 0) is 6.07 Å². The molecular formula is C9H8NO5-. The van der Waals surface area contributed by atoms with Gasteiger partial charge < -0.3 is 14.6 Å². The summed E-state index contributed by atoms with van der Waals surface area (Å²) < 4.78 is 4.98. The van der Waals surface area contributed by atoms with E-state index in [4.69, 9.17) is 4.74 Å². The van der Waals surface area contributed by atoms with Crippen LogP contribution in [0, 0.1) is 10.1 Å². The summed E-state index contributed by atoms with van der Waals surface area (Å²) in [7, 11) is 0. The quantitative estimate of drug-likeness (QED) is 0.508. The number of ether oxygens (including phenoxy) is 1. The molecule has 1 aromatic carbocycles. The highest BCUT2D eigenvalue weighted by Gasteiger charge is 2.05. The van der Waals surface area contributed by atoms with E-state index in [-0.39, 0.29) is 24.5 Å². The van der Waals surface area contributed by atoms with Gasteiger partial charge in [-0.3, -0.25) is 10.1 Å². The molecule has 80 valence electrons. The van der Waals surface area contributed by atoms with Crippen LogP contribution in [0.4, 0.5) is 5.69 Å². The fourth-order valence-electron chi connectivity index (χ4n) is 0.939. The van der Waals surface area contributed by atoms with Crippen molar-refractivity contribution in [3.8, 4) is 5.75 Å². The predicted octanol–water partition coefficient (Wildman–Crippen LogP) is 0.114. The van der Waals surface area contributed by atoms with Gasteiger partial charge in [0.2, 0.25) is 0 Å². The van der Waals surface area contributed by atoms with E-state index < -0.39 is 10.9 Å². The topological polar surface area (TPSA) is 92.5 Å². The number of non-ortho nitro benzene ring substituents is 1. The average molecular weight is 210 g/mol. The lowest BCUT2D eigenvalue weighted by molar-refractivity contribution is -0.384. The Kier molecular flexibility index (Phi) is 3.61. The minimum atomic E-state index is -1.22. The number of nitro groups is 1. The van der Waals surface area contributed by atoms with E-state index in [1.165, 1.54) is 24.3 Å². The van der Waals surface area contributed by atoms with Gasteiger partial charge in [0.15, 0.2) is 0 Å². The molecule has 0 saturated carbocycles. The third-order valence-corrected chi connectivity index (χ3v) is 1.60. The van der Waals surface area contributed by atoms with Crippen molar-refractivity contribution in [1.82, 2.24) is 0 Å². The molecule has 0 unspecified atom stereocenters. The van der Waals surface area contributed by atoms with Crippen LogP contribution in [-0.4, -0.2) is 17.5 Å². The van der Waals surface area contributed by atoms with Crippen molar-refractivity contribution in [3.63, 3.8) is 0 Å². The van der Waals surface area contributed by atoms with E-state index in [2.05, 4.69) is 0 Å². The van der Waals surface area contributed by atoms with Gasteiger partial charge in [-0.1, -0.05) is 6.07 Å². The summed E-state index contributed by atoms with van der Waals surface area (Å²) in [6, 6.07) is 5.54. The monoisotopic (exact) mass is 210 g/mol. The molecule has 0 aliphatic carbocycles. The molecule has 6 heteroatoms. The van der Waals surface area contributed by atoms with Gasteiger partial charge in [0.25, 0.3) is 5.69 Å². The van der Waals surface area contributed by atoms with Crippen LogP contribution < -0.4 is 9.84 Å². The number of carbonyl (C=O) groups is 1. The molecule has 0 aliphatic heterocycles. The van der Waals surface area contributed by atoms with Crippen molar-refractivity contribution < 1.29 is 19.6 Å². The van der Waals surface area contributed by atoms with Crippen molar-refractivity contribution in [2.75, 3.05) is 6.61 Å². The molecule has 0 atom stereocenters. The molecule has 0 spiro atoms. The zero-order valence-corrected chi connectivity index (χ0v) is 7.71. The first-order valence-electron chi connectivity index (χ1n) is 4.16. The Bertz CT molecular complexity index is 377. The van der Waals surface area contributed by atoms with Crippen molar-refractivity contribution in [3.05, 3.63) is 34.4 Å². The Balaban J connectivity index is 2.58. The number of hydrogen-bond acceptors (Lipinski definition) is 5. The van der Waals surface area contributed by atoms with Crippen LogP contribution in [0.5, 0.6) is 5.75 Å². The molecule has 0 amide bonds.